The minimum Gasteiger partial charge on any atom is -0.497 e. The van der Waals surface area contributed by atoms with Crippen LogP contribution in [0.25, 0.3) is 5.57 Å². The molecule has 0 fully saturated rings. The minimum absolute atomic E-state index is 0.378. The largest absolute Gasteiger partial charge is 0.497 e. The van der Waals surface area contributed by atoms with Gasteiger partial charge in [-0.15, -0.1) is 5.11 Å². The fourth-order valence-corrected chi connectivity index (χ4v) is 2.97. The van der Waals surface area contributed by atoms with E-state index in [1.54, 1.807) is 13.2 Å². The fourth-order valence-electron chi connectivity index (χ4n) is 2.97. The number of esters is 1. The van der Waals surface area contributed by atoms with Crippen molar-refractivity contribution >= 4 is 22.9 Å². The third-order valence-corrected chi connectivity index (χ3v) is 4.59. The van der Waals surface area contributed by atoms with Crippen molar-refractivity contribution in [2.24, 2.45) is 10.2 Å². The van der Waals surface area contributed by atoms with E-state index in [-0.39, 0.29) is 0 Å². The molecular weight excluding hydrogens is 356 g/mol. The molecule has 0 aromatic heterocycles. The highest BCUT2D eigenvalue weighted by atomic mass is 16.6. The summed E-state index contributed by atoms with van der Waals surface area (Å²) in [6.07, 6.45) is 5.90. The number of allylic oxidation sites excluding steroid dienone is 2. The molecule has 1 unspecified atom stereocenters. The molecule has 1 aliphatic rings. The van der Waals surface area contributed by atoms with E-state index in [1.807, 2.05) is 60.7 Å². The van der Waals surface area contributed by atoms with Crippen LogP contribution in [0.2, 0.25) is 0 Å². The highest BCUT2D eigenvalue weighted by Gasteiger charge is 2.38. The average molecular weight is 378 g/mol. The standard InChI is InChI=1S/C22H22N2O4/c1-26-18-8-6-7-17(15-18)23-24-20-10-5-4-9-19(20)16-11-13-22(28-3,14-12-16)21(25)27-2/h4-13,15H,14H2,1-3H3/b24-23+. The molecule has 0 saturated heterocycles. The van der Waals surface area contributed by atoms with Gasteiger partial charge in [0.25, 0.3) is 0 Å². The average Bonchev–Trinajstić information content (AvgIpc) is 2.77. The predicted molar refractivity (Wildman–Crippen MR) is 107 cm³/mol. The Balaban J connectivity index is 1.87. The number of carbonyl (C=O) groups is 1. The first-order valence-electron chi connectivity index (χ1n) is 8.80. The Morgan fingerprint density at radius 2 is 1.86 bits per heavy atom. The first kappa shape index (κ1) is 19.5. The number of carbonyl (C=O) groups excluding carboxylic acids is 1. The van der Waals surface area contributed by atoms with Crippen molar-refractivity contribution in [2.75, 3.05) is 21.3 Å². The van der Waals surface area contributed by atoms with E-state index in [0.29, 0.717) is 12.1 Å². The SMILES string of the molecule is COC(=O)C1(OC)C=CC(c2ccccc2/N=N/c2cccc(OC)c2)=CC1. The van der Waals surface area contributed by atoms with Crippen molar-refractivity contribution in [2.45, 2.75) is 12.0 Å². The Labute approximate surface area is 164 Å². The number of nitrogens with zero attached hydrogens (tertiary/aromatic N) is 2. The Bertz CT molecular complexity index is 949. The highest BCUT2D eigenvalue weighted by molar-refractivity contribution is 5.88. The molecule has 0 radical (unpaired) electrons. The molecule has 1 atom stereocenters. The summed E-state index contributed by atoms with van der Waals surface area (Å²) < 4.78 is 15.5. The Hall–Kier alpha value is -3.25. The van der Waals surface area contributed by atoms with Gasteiger partial charge in [-0.1, -0.05) is 36.4 Å². The van der Waals surface area contributed by atoms with Crippen LogP contribution in [0.15, 0.2) is 77.0 Å². The molecule has 144 valence electrons. The van der Waals surface area contributed by atoms with E-state index in [4.69, 9.17) is 14.2 Å². The number of benzene rings is 2. The quantitative estimate of drug-likeness (QED) is 0.523. The lowest BCUT2D eigenvalue weighted by Gasteiger charge is -2.28. The summed E-state index contributed by atoms with van der Waals surface area (Å²) in [5.74, 6) is 0.300. The molecule has 6 nitrogen and oxygen atoms in total. The number of azo groups is 1. The Morgan fingerprint density at radius 3 is 2.54 bits per heavy atom. The van der Waals surface area contributed by atoms with Crippen LogP contribution in [-0.4, -0.2) is 32.9 Å². The summed E-state index contributed by atoms with van der Waals surface area (Å²) in [6, 6.07) is 15.1. The summed E-state index contributed by atoms with van der Waals surface area (Å²) >= 11 is 0. The zero-order valence-electron chi connectivity index (χ0n) is 16.1. The molecule has 0 heterocycles. The molecule has 0 spiro atoms. The van der Waals surface area contributed by atoms with Crippen molar-refractivity contribution in [3.63, 3.8) is 0 Å². The lowest BCUT2D eigenvalue weighted by atomic mass is 9.89. The molecule has 0 saturated carbocycles. The summed E-state index contributed by atoms with van der Waals surface area (Å²) in [7, 11) is 4.46. The van der Waals surface area contributed by atoms with Crippen molar-refractivity contribution in [1.82, 2.24) is 0 Å². The van der Waals surface area contributed by atoms with Crippen molar-refractivity contribution in [1.29, 1.82) is 0 Å². The number of methoxy groups -OCH3 is 3. The van der Waals surface area contributed by atoms with Crippen LogP contribution in [-0.2, 0) is 14.3 Å². The second kappa shape index (κ2) is 8.63. The van der Waals surface area contributed by atoms with Crippen LogP contribution in [0, 0.1) is 0 Å². The van der Waals surface area contributed by atoms with Gasteiger partial charge in [-0.2, -0.15) is 5.11 Å². The maximum Gasteiger partial charge on any atom is 0.342 e. The first-order valence-corrected chi connectivity index (χ1v) is 8.80. The van der Waals surface area contributed by atoms with Crippen LogP contribution in [0.1, 0.15) is 12.0 Å². The van der Waals surface area contributed by atoms with E-state index in [2.05, 4.69) is 10.2 Å². The zero-order valence-corrected chi connectivity index (χ0v) is 16.1. The lowest BCUT2D eigenvalue weighted by Crippen LogP contribution is -2.40. The van der Waals surface area contributed by atoms with Gasteiger partial charge < -0.3 is 14.2 Å². The van der Waals surface area contributed by atoms with Crippen molar-refractivity contribution in [3.8, 4) is 5.75 Å². The van der Waals surface area contributed by atoms with Crippen LogP contribution in [0.5, 0.6) is 5.75 Å². The van der Waals surface area contributed by atoms with E-state index in [1.165, 1.54) is 14.2 Å². The third-order valence-electron chi connectivity index (χ3n) is 4.59. The Morgan fingerprint density at radius 1 is 1.04 bits per heavy atom. The van der Waals surface area contributed by atoms with Gasteiger partial charge in [0.1, 0.15) is 5.75 Å². The molecule has 0 bridgehead atoms. The number of rotatable bonds is 6. The monoisotopic (exact) mass is 378 g/mol. The lowest BCUT2D eigenvalue weighted by molar-refractivity contribution is -0.159. The summed E-state index contributed by atoms with van der Waals surface area (Å²) in [5, 5.41) is 8.73. The van der Waals surface area contributed by atoms with Crippen molar-refractivity contribution in [3.05, 3.63) is 72.3 Å². The number of hydrogen-bond donors (Lipinski definition) is 0. The van der Waals surface area contributed by atoms with Gasteiger partial charge in [-0.25, -0.2) is 4.79 Å². The van der Waals surface area contributed by atoms with Gasteiger partial charge >= 0.3 is 5.97 Å². The smallest absolute Gasteiger partial charge is 0.342 e. The van der Waals surface area contributed by atoms with Gasteiger partial charge in [-0.3, -0.25) is 0 Å². The van der Waals surface area contributed by atoms with Gasteiger partial charge in [0.2, 0.25) is 0 Å². The second-order valence-corrected chi connectivity index (χ2v) is 6.20. The highest BCUT2D eigenvalue weighted by Crippen LogP contribution is 2.35. The molecule has 0 aliphatic heterocycles. The molecule has 3 rings (SSSR count). The van der Waals surface area contributed by atoms with Gasteiger partial charge in [0.05, 0.1) is 25.6 Å². The topological polar surface area (TPSA) is 69.5 Å². The Kier molecular flexibility index (Phi) is 6.01. The number of hydrogen-bond acceptors (Lipinski definition) is 6. The van der Waals surface area contributed by atoms with Gasteiger partial charge in [0.15, 0.2) is 5.60 Å². The van der Waals surface area contributed by atoms with Gasteiger partial charge in [-0.05, 0) is 29.8 Å². The summed E-state index contributed by atoms with van der Waals surface area (Å²) in [5.41, 5.74) is 2.20. The zero-order chi connectivity index (χ0) is 20.0. The molecular formula is C22H22N2O4. The number of ether oxygens (including phenoxy) is 3. The third kappa shape index (κ3) is 4.02. The minimum atomic E-state index is -1.09. The van der Waals surface area contributed by atoms with Crippen LogP contribution >= 0.6 is 0 Å². The molecule has 2 aromatic rings. The van der Waals surface area contributed by atoms with Gasteiger partial charge in [0, 0.05) is 25.2 Å². The maximum atomic E-state index is 12.1. The molecule has 1 aliphatic carbocycles. The van der Waals surface area contributed by atoms with Crippen LogP contribution in [0.4, 0.5) is 11.4 Å². The van der Waals surface area contributed by atoms with Crippen LogP contribution < -0.4 is 4.74 Å². The van der Waals surface area contributed by atoms with E-state index in [9.17, 15) is 4.79 Å². The molecule has 0 N–H and O–H groups in total. The van der Waals surface area contributed by atoms with Crippen molar-refractivity contribution < 1.29 is 19.0 Å². The molecule has 28 heavy (non-hydrogen) atoms. The second-order valence-electron chi connectivity index (χ2n) is 6.20. The first-order chi connectivity index (χ1) is 13.6. The summed E-state index contributed by atoms with van der Waals surface area (Å²) in [4.78, 5) is 12.1. The van der Waals surface area contributed by atoms with E-state index < -0.39 is 11.6 Å². The van der Waals surface area contributed by atoms with E-state index in [0.717, 1.165) is 22.6 Å². The molecule has 2 aromatic carbocycles. The predicted octanol–water partition coefficient (Wildman–Crippen LogP) is 5.01. The maximum absolute atomic E-state index is 12.1. The normalized spacial score (nSPS) is 18.8. The van der Waals surface area contributed by atoms with E-state index >= 15 is 0 Å². The molecule has 6 heteroatoms. The fraction of sp³-hybridized carbons (Fsp3) is 0.227. The molecule has 0 amide bonds. The van der Waals surface area contributed by atoms with Crippen LogP contribution in [0.3, 0.4) is 0 Å². The summed E-state index contributed by atoms with van der Waals surface area (Å²) in [6.45, 7) is 0.